The molecule has 1 N–H and O–H groups in total. The summed E-state index contributed by atoms with van der Waals surface area (Å²) in [6.07, 6.45) is 0. The van der Waals surface area contributed by atoms with Crippen molar-refractivity contribution in [1.82, 2.24) is 15.1 Å². The second kappa shape index (κ2) is 13.0. The summed E-state index contributed by atoms with van der Waals surface area (Å²) < 4.78 is 5.73. The number of aliphatic imine (C=N–C) groups is 1. The molecule has 3 rings (SSSR count). The lowest BCUT2D eigenvalue weighted by Gasteiger charge is -2.36. The third-order valence-electron chi connectivity index (χ3n) is 5.16. The standard InChI is InChI=1S/C23H31N5O2.HI/c1-24-23(26(2)17-18-30-21-11-7-4-8-12-21)25-19-22(29)28-15-13-27(14-16-28)20-9-5-3-6-10-20;/h3-12H,13-19H2,1-2H3,(H,24,25);1H. The van der Waals surface area contributed by atoms with Crippen molar-refractivity contribution >= 4 is 41.5 Å². The summed E-state index contributed by atoms with van der Waals surface area (Å²) in [5.74, 6) is 1.62. The molecule has 1 fully saturated rings. The number of piperazine rings is 1. The van der Waals surface area contributed by atoms with Crippen molar-refractivity contribution in [2.45, 2.75) is 0 Å². The molecular weight excluding hydrogens is 505 g/mol. The van der Waals surface area contributed by atoms with Crippen LogP contribution in [0.2, 0.25) is 0 Å². The molecular formula is C23H32IN5O2. The third-order valence-corrected chi connectivity index (χ3v) is 5.16. The summed E-state index contributed by atoms with van der Waals surface area (Å²) >= 11 is 0. The zero-order valence-electron chi connectivity index (χ0n) is 18.2. The molecule has 0 aliphatic carbocycles. The van der Waals surface area contributed by atoms with Gasteiger partial charge in [-0.2, -0.15) is 0 Å². The average molecular weight is 537 g/mol. The molecule has 1 aliphatic rings. The number of halogens is 1. The number of nitrogens with zero attached hydrogens (tertiary/aromatic N) is 4. The SMILES string of the molecule is CN=C(NCC(=O)N1CCN(c2ccccc2)CC1)N(C)CCOc1ccccc1.I. The van der Waals surface area contributed by atoms with Gasteiger partial charge in [0.1, 0.15) is 12.4 Å². The van der Waals surface area contributed by atoms with Gasteiger partial charge in [-0.05, 0) is 24.3 Å². The molecule has 1 saturated heterocycles. The van der Waals surface area contributed by atoms with Gasteiger partial charge in [-0.15, -0.1) is 24.0 Å². The van der Waals surface area contributed by atoms with E-state index in [2.05, 4.69) is 27.3 Å². The molecule has 2 aromatic rings. The average Bonchev–Trinajstić information content (AvgIpc) is 2.81. The first-order chi connectivity index (χ1) is 14.7. The van der Waals surface area contributed by atoms with E-state index in [-0.39, 0.29) is 36.4 Å². The van der Waals surface area contributed by atoms with Crippen LogP contribution in [0.3, 0.4) is 0 Å². The fraction of sp³-hybridized carbons (Fsp3) is 0.391. The van der Waals surface area contributed by atoms with Crippen LogP contribution in [0.1, 0.15) is 0 Å². The normalized spacial score (nSPS) is 13.9. The number of hydrogen-bond acceptors (Lipinski definition) is 4. The van der Waals surface area contributed by atoms with Gasteiger partial charge in [-0.3, -0.25) is 9.79 Å². The van der Waals surface area contributed by atoms with E-state index >= 15 is 0 Å². The highest BCUT2D eigenvalue weighted by molar-refractivity contribution is 14.0. The van der Waals surface area contributed by atoms with Crippen LogP contribution in [0.25, 0.3) is 0 Å². The van der Waals surface area contributed by atoms with Crippen molar-refractivity contribution in [3.63, 3.8) is 0 Å². The lowest BCUT2D eigenvalue weighted by Crippen LogP contribution is -2.52. The zero-order chi connectivity index (χ0) is 21.2. The summed E-state index contributed by atoms with van der Waals surface area (Å²) in [7, 11) is 3.66. The number of likely N-dealkylation sites (N-methyl/N-ethyl adjacent to an activating group) is 1. The fourth-order valence-electron chi connectivity index (χ4n) is 3.43. The molecule has 0 unspecified atom stereocenters. The van der Waals surface area contributed by atoms with E-state index in [1.807, 2.05) is 65.4 Å². The van der Waals surface area contributed by atoms with Gasteiger partial charge in [0, 0.05) is 46.0 Å². The van der Waals surface area contributed by atoms with Gasteiger partial charge < -0.3 is 24.8 Å². The van der Waals surface area contributed by atoms with E-state index < -0.39 is 0 Å². The van der Waals surface area contributed by atoms with Gasteiger partial charge in [0.05, 0.1) is 13.1 Å². The van der Waals surface area contributed by atoms with Crippen molar-refractivity contribution in [3.8, 4) is 5.75 Å². The number of para-hydroxylation sites is 2. The van der Waals surface area contributed by atoms with E-state index in [1.165, 1.54) is 5.69 Å². The summed E-state index contributed by atoms with van der Waals surface area (Å²) in [5.41, 5.74) is 1.21. The molecule has 7 nitrogen and oxygen atoms in total. The van der Waals surface area contributed by atoms with Crippen molar-refractivity contribution in [3.05, 3.63) is 60.7 Å². The van der Waals surface area contributed by atoms with Gasteiger partial charge in [0.2, 0.25) is 5.91 Å². The maximum Gasteiger partial charge on any atom is 0.242 e. The molecule has 0 saturated carbocycles. The number of benzene rings is 2. The minimum atomic E-state index is 0. The smallest absolute Gasteiger partial charge is 0.242 e. The highest BCUT2D eigenvalue weighted by Crippen LogP contribution is 2.15. The van der Waals surface area contributed by atoms with Crippen LogP contribution in [0.5, 0.6) is 5.75 Å². The number of rotatable bonds is 7. The maximum absolute atomic E-state index is 12.6. The van der Waals surface area contributed by atoms with Crippen molar-refractivity contribution in [2.75, 3.05) is 64.9 Å². The lowest BCUT2D eigenvalue weighted by atomic mass is 10.2. The molecule has 0 spiro atoms. The predicted molar refractivity (Wildman–Crippen MR) is 137 cm³/mol. The summed E-state index contributed by atoms with van der Waals surface area (Å²) in [4.78, 5) is 23.1. The Bertz CT molecular complexity index is 811. The summed E-state index contributed by atoms with van der Waals surface area (Å²) in [5, 5.41) is 3.17. The number of ether oxygens (including phenoxy) is 1. The number of carbonyl (C=O) groups excluding carboxylic acids is 1. The predicted octanol–water partition coefficient (Wildman–Crippen LogP) is 2.54. The summed E-state index contributed by atoms with van der Waals surface area (Å²) in [6, 6.07) is 20.1. The Morgan fingerprint density at radius 1 is 1.03 bits per heavy atom. The molecule has 8 heteroatoms. The van der Waals surface area contributed by atoms with Crippen LogP contribution in [-0.4, -0.2) is 81.6 Å². The Labute approximate surface area is 202 Å². The molecule has 0 bridgehead atoms. The quantitative estimate of drug-likeness (QED) is 0.335. The second-order valence-electron chi connectivity index (χ2n) is 7.19. The minimum Gasteiger partial charge on any atom is -0.492 e. The van der Waals surface area contributed by atoms with Crippen molar-refractivity contribution in [2.24, 2.45) is 4.99 Å². The Kier molecular flexibility index (Phi) is 10.4. The van der Waals surface area contributed by atoms with Gasteiger partial charge in [-0.1, -0.05) is 36.4 Å². The number of guanidine groups is 1. The Morgan fingerprint density at radius 2 is 1.65 bits per heavy atom. The fourth-order valence-corrected chi connectivity index (χ4v) is 3.43. The van der Waals surface area contributed by atoms with Crippen LogP contribution in [0.4, 0.5) is 5.69 Å². The Morgan fingerprint density at radius 3 is 2.26 bits per heavy atom. The van der Waals surface area contributed by atoms with E-state index in [1.54, 1.807) is 7.05 Å². The van der Waals surface area contributed by atoms with Crippen LogP contribution in [-0.2, 0) is 4.79 Å². The monoisotopic (exact) mass is 537 g/mol. The zero-order valence-corrected chi connectivity index (χ0v) is 20.6. The maximum atomic E-state index is 12.6. The number of amides is 1. The van der Waals surface area contributed by atoms with Gasteiger partial charge >= 0.3 is 0 Å². The molecule has 31 heavy (non-hydrogen) atoms. The first kappa shape index (κ1) is 24.8. The molecule has 2 aromatic carbocycles. The first-order valence-corrected chi connectivity index (χ1v) is 10.3. The van der Waals surface area contributed by atoms with E-state index in [0.717, 1.165) is 31.9 Å². The molecule has 1 heterocycles. The van der Waals surface area contributed by atoms with Crippen LogP contribution in [0.15, 0.2) is 65.7 Å². The van der Waals surface area contributed by atoms with Crippen LogP contribution < -0.4 is 15.0 Å². The molecule has 0 radical (unpaired) electrons. The van der Waals surface area contributed by atoms with Crippen molar-refractivity contribution < 1.29 is 9.53 Å². The van der Waals surface area contributed by atoms with Gasteiger partial charge in [0.25, 0.3) is 0 Å². The largest absolute Gasteiger partial charge is 0.492 e. The van der Waals surface area contributed by atoms with Crippen LogP contribution >= 0.6 is 24.0 Å². The lowest BCUT2D eigenvalue weighted by molar-refractivity contribution is -0.130. The molecule has 168 valence electrons. The van der Waals surface area contributed by atoms with Gasteiger partial charge in [-0.25, -0.2) is 0 Å². The highest BCUT2D eigenvalue weighted by atomic mass is 127. The van der Waals surface area contributed by atoms with E-state index in [4.69, 9.17) is 4.74 Å². The number of hydrogen-bond donors (Lipinski definition) is 1. The third kappa shape index (κ3) is 7.61. The number of carbonyl (C=O) groups is 1. The molecule has 0 aromatic heterocycles. The second-order valence-corrected chi connectivity index (χ2v) is 7.19. The summed E-state index contributed by atoms with van der Waals surface area (Å²) in [6.45, 7) is 4.60. The van der Waals surface area contributed by atoms with Gasteiger partial charge in [0.15, 0.2) is 5.96 Å². The molecule has 1 amide bonds. The van der Waals surface area contributed by atoms with Crippen LogP contribution in [0, 0.1) is 0 Å². The van der Waals surface area contributed by atoms with Crippen molar-refractivity contribution in [1.29, 1.82) is 0 Å². The topological polar surface area (TPSA) is 60.4 Å². The Hall–Kier alpha value is -2.49. The molecule has 0 atom stereocenters. The first-order valence-electron chi connectivity index (χ1n) is 10.3. The van der Waals surface area contributed by atoms with E-state index in [0.29, 0.717) is 19.1 Å². The number of anilines is 1. The number of nitrogens with one attached hydrogen (secondary N) is 1. The minimum absolute atomic E-state index is 0. The highest BCUT2D eigenvalue weighted by Gasteiger charge is 2.21. The Balaban J connectivity index is 0.00000341. The van der Waals surface area contributed by atoms with E-state index in [9.17, 15) is 4.79 Å². The molecule has 1 aliphatic heterocycles.